The number of nitrogens with one attached hydrogen (secondary N) is 1. The number of amides is 1. The summed E-state index contributed by atoms with van der Waals surface area (Å²) in [5, 5.41) is 11.6. The van der Waals surface area contributed by atoms with Gasteiger partial charge in [-0.3, -0.25) is 4.79 Å². The molecule has 3 N–H and O–H groups in total. The number of hydrogen-bond donors (Lipinski definition) is 2. The summed E-state index contributed by atoms with van der Waals surface area (Å²) in [5.41, 5.74) is 6.52. The van der Waals surface area contributed by atoms with Crippen LogP contribution in [0.4, 0.5) is 5.69 Å². The van der Waals surface area contributed by atoms with Crippen LogP contribution >= 0.6 is 0 Å². The van der Waals surface area contributed by atoms with Crippen molar-refractivity contribution in [3.05, 3.63) is 23.8 Å². The van der Waals surface area contributed by atoms with Gasteiger partial charge in [-0.05, 0) is 25.0 Å². The number of anilines is 1. The second-order valence-electron chi connectivity index (χ2n) is 4.58. The molecule has 2 atom stereocenters. The summed E-state index contributed by atoms with van der Waals surface area (Å²) in [7, 11) is 1.49. The van der Waals surface area contributed by atoms with Gasteiger partial charge >= 0.3 is 0 Å². The van der Waals surface area contributed by atoms with E-state index in [0.29, 0.717) is 30.0 Å². The first-order valence-electron chi connectivity index (χ1n) is 6.42. The molecule has 0 bridgehead atoms. The zero-order chi connectivity index (χ0) is 14.5. The highest BCUT2D eigenvalue weighted by Gasteiger charge is 2.30. The topological polar surface area (TPSA) is 97.4 Å². The van der Waals surface area contributed by atoms with Gasteiger partial charge in [0.15, 0.2) is 0 Å². The van der Waals surface area contributed by atoms with Crippen molar-refractivity contribution in [2.45, 2.75) is 25.0 Å². The second-order valence-corrected chi connectivity index (χ2v) is 4.58. The van der Waals surface area contributed by atoms with Crippen LogP contribution in [0.1, 0.15) is 18.4 Å². The summed E-state index contributed by atoms with van der Waals surface area (Å²) < 4.78 is 10.7. The van der Waals surface area contributed by atoms with Crippen molar-refractivity contribution in [3.8, 4) is 11.8 Å². The fraction of sp³-hybridized carbons (Fsp3) is 0.429. The lowest BCUT2D eigenvalue weighted by molar-refractivity contribution is -0.126. The molecule has 2 rings (SSSR count). The number of ether oxygens (including phenoxy) is 2. The quantitative estimate of drug-likeness (QED) is 0.854. The molecule has 1 aromatic rings. The largest absolute Gasteiger partial charge is 0.495 e. The zero-order valence-corrected chi connectivity index (χ0v) is 11.3. The standard InChI is InChI=1S/C14H17N3O3/c1-19-13-6-9(7-15)2-4-11(13)17-14(18)12-5-3-10(8-16)20-12/h2,4,6,10,12H,3,5,8,16H2,1H3,(H,17,18). The lowest BCUT2D eigenvalue weighted by Gasteiger charge is -2.14. The van der Waals surface area contributed by atoms with Gasteiger partial charge in [0.2, 0.25) is 0 Å². The maximum atomic E-state index is 12.1. The molecule has 1 heterocycles. The number of carbonyl (C=O) groups is 1. The van der Waals surface area contributed by atoms with Crippen LogP contribution in [0.5, 0.6) is 5.75 Å². The average molecular weight is 275 g/mol. The van der Waals surface area contributed by atoms with Crippen LogP contribution in [-0.4, -0.2) is 31.8 Å². The predicted molar refractivity (Wildman–Crippen MR) is 73.3 cm³/mol. The molecule has 106 valence electrons. The van der Waals surface area contributed by atoms with Crippen LogP contribution in [0.3, 0.4) is 0 Å². The van der Waals surface area contributed by atoms with E-state index in [4.69, 9.17) is 20.5 Å². The van der Waals surface area contributed by atoms with E-state index in [1.54, 1.807) is 18.2 Å². The van der Waals surface area contributed by atoms with Gasteiger partial charge in [0.1, 0.15) is 11.9 Å². The van der Waals surface area contributed by atoms with E-state index < -0.39 is 6.10 Å². The molecule has 0 radical (unpaired) electrons. The Kier molecular flexibility index (Phi) is 4.56. The van der Waals surface area contributed by atoms with E-state index >= 15 is 0 Å². The molecule has 6 heteroatoms. The number of nitrogens with zero attached hydrogens (tertiary/aromatic N) is 1. The maximum absolute atomic E-state index is 12.1. The third-order valence-corrected chi connectivity index (χ3v) is 3.25. The summed E-state index contributed by atoms with van der Waals surface area (Å²) in [6.45, 7) is 0.421. The molecule has 1 aliphatic heterocycles. The van der Waals surface area contributed by atoms with Crippen LogP contribution in [0.15, 0.2) is 18.2 Å². The minimum absolute atomic E-state index is 0.0476. The summed E-state index contributed by atoms with van der Waals surface area (Å²) in [6.07, 6.45) is 0.920. The SMILES string of the molecule is COc1cc(C#N)ccc1NC(=O)C1CCC(CN)O1. The molecule has 6 nitrogen and oxygen atoms in total. The van der Waals surface area contributed by atoms with Crippen LogP contribution in [0.25, 0.3) is 0 Å². The fourth-order valence-corrected chi connectivity index (χ4v) is 2.15. The van der Waals surface area contributed by atoms with Gasteiger partial charge in [-0.1, -0.05) is 0 Å². The van der Waals surface area contributed by atoms with E-state index in [2.05, 4.69) is 5.32 Å². The summed E-state index contributed by atoms with van der Waals surface area (Å²) in [5.74, 6) is 0.231. The molecule has 0 aromatic heterocycles. The molecule has 2 unspecified atom stereocenters. The molecule has 0 aliphatic carbocycles. The Balaban J connectivity index is 2.06. The number of nitrogens with two attached hydrogens (primary N) is 1. The minimum atomic E-state index is -0.483. The monoisotopic (exact) mass is 275 g/mol. The van der Waals surface area contributed by atoms with Gasteiger partial charge in [-0.25, -0.2) is 0 Å². The highest BCUT2D eigenvalue weighted by Crippen LogP contribution is 2.27. The molecular weight excluding hydrogens is 258 g/mol. The van der Waals surface area contributed by atoms with E-state index in [9.17, 15) is 4.79 Å². The van der Waals surface area contributed by atoms with Gasteiger partial charge in [-0.15, -0.1) is 0 Å². The smallest absolute Gasteiger partial charge is 0.253 e. The van der Waals surface area contributed by atoms with Crippen molar-refractivity contribution < 1.29 is 14.3 Å². The number of rotatable bonds is 4. The number of nitriles is 1. The Morgan fingerprint density at radius 3 is 3.00 bits per heavy atom. The minimum Gasteiger partial charge on any atom is -0.495 e. The van der Waals surface area contributed by atoms with Crippen LogP contribution in [-0.2, 0) is 9.53 Å². The maximum Gasteiger partial charge on any atom is 0.253 e. The van der Waals surface area contributed by atoms with Crippen LogP contribution in [0, 0.1) is 11.3 Å². The molecule has 1 fully saturated rings. The first kappa shape index (κ1) is 14.3. The lowest BCUT2D eigenvalue weighted by atomic mass is 10.1. The van der Waals surface area contributed by atoms with Crippen molar-refractivity contribution in [1.82, 2.24) is 0 Å². The van der Waals surface area contributed by atoms with Gasteiger partial charge in [-0.2, -0.15) is 5.26 Å². The van der Waals surface area contributed by atoms with Gasteiger partial charge in [0.05, 0.1) is 30.5 Å². The molecule has 0 spiro atoms. The number of benzene rings is 1. The third-order valence-electron chi connectivity index (χ3n) is 3.25. The van der Waals surface area contributed by atoms with Crippen LogP contribution in [0.2, 0.25) is 0 Å². The average Bonchev–Trinajstić information content (AvgIpc) is 2.96. The van der Waals surface area contributed by atoms with Crippen LogP contribution < -0.4 is 15.8 Å². The Morgan fingerprint density at radius 1 is 1.60 bits per heavy atom. The predicted octanol–water partition coefficient (Wildman–Crippen LogP) is 1.01. The van der Waals surface area contributed by atoms with Crippen molar-refractivity contribution in [2.75, 3.05) is 19.0 Å². The molecule has 1 aliphatic rings. The molecule has 0 saturated carbocycles. The fourth-order valence-electron chi connectivity index (χ4n) is 2.15. The van der Waals surface area contributed by atoms with Gasteiger partial charge < -0.3 is 20.5 Å². The van der Waals surface area contributed by atoms with Crippen molar-refractivity contribution in [2.24, 2.45) is 5.73 Å². The number of carbonyl (C=O) groups excluding carboxylic acids is 1. The van der Waals surface area contributed by atoms with Gasteiger partial charge in [0.25, 0.3) is 5.91 Å². The molecule has 1 aromatic carbocycles. The Morgan fingerprint density at radius 2 is 2.40 bits per heavy atom. The molecule has 1 saturated heterocycles. The van der Waals surface area contributed by atoms with Crippen molar-refractivity contribution in [3.63, 3.8) is 0 Å². The Hall–Kier alpha value is -2.10. The van der Waals surface area contributed by atoms with E-state index in [1.165, 1.54) is 7.11 Å². The molecule has 1 amide bonds. The second kappa shape index (κ2) is 6.37. The Labute approximate surface area is 117 Å². The summed E-state index contributed by atoms with van der Waals surface area (Å²) >= 11 is 0. The van der Waals surface area contributed by atoms with Crippen molar-refractivity contribution >= 4 is 11.6 Å². The summed E-state index contributed by atoms with van der Waals surface area (Å²) in [4.78, 5) is 12.1. The number of hydrogen-bond acceptors (Lipinski definition) is 5. The van der Waals surface area contributed by atoms with E-state index in [1.807, 2.05) is 6.07 Å². The lowest BCUT2D eigenvalue weighted by Crippen LogP contribution is -2.29. The first-order chi connectivity index (χ1) is 9.67. The Bertz CT molecular complexity index is 539. The third kappa shape index (κ3) is 3.07. The summed E-state index contributed by atoms with van der Waals surface area (Å²) in [6, 6.07) is 6.86. The van der Waals surface area contributed by atoms with E-state index in [-0.39, 0.29) is 12.0 Å². The molecular formula is C14H17N3O3. The highest BCUT2D eigenvalue weighted by molar-refractivity contribution is 5.95. The zero-order valence-electron chi connectivity index (χ0n) is 11.3. The number of methoxy groups -OCH3 is 1. The highest BCUT2D eigenvalue weighted by atomic mass is 16.5. The first-order valence-corrected chi connectivity index (χ1v) is 6.42. The normalized spacial score (nSPS) is 21.2. The molecule has 20 heavy (non-hydrogen) atoms. The van der Waals surface area contributed by atoms with E-state index in [0.717, 1.165) is 6.42 Å². The van der Waals surface area contributed by atoms with Crippen molar-refractivity contribution in [1.29, 1.82) is 5.26 Å². The van der Waals surface area contributed by atoms with Gasteiger partial charge in [0, 0.05) is 12.6 Å².